The second-order valence-corrected chi connectivity index (χ2v) is 7.05. The van der Waals surface area contributed by atoms with Gasteiger partial charge in [0, 0.05) is 19.0 Å². The van der Waals surface area contributed by atoms with Gasteiger partial charge in [0.15, 0.2) is 5.82 Å². The lowest BCUT2D eigenvalue weighted by molar-refractivity contribution is 0.251. The highest BCUT2D eigenvalue weighted by molar-refractivity contribution is 5.88. The number of hydrogen-bond donors (Lipinski definition) is 2. The maximum absolute atomic E-state index is 12.4. The average molecular weight is 379 g/mol. The Morgan fingerprint density at radius 3 is 2.86 bits per heavy atom. The summed E-state index contributed by atoms with van der Waals surface area (Å²) in [6.45, 7) is 3.32. The summed E-state index contributed by atoms with van der Waals surface area (Å²) >= 11 is 0. The van der Waals surface area contributed by atoms with Gasteiger partial charge < -0.3 is 9.88 Å². The molecule has 3 aromatic rings. The third kappa shape index (κ3) is 3.90. The fourth-order valence-corrected chi connectivity index (χ4v) is 3.59. The Morgan fingerprint density at radius 2 is 2.00 bits per heavy atom. The number of carbonyl (C=O) groups is 1. The molecule has 1 aliphatic rings. The molecular formula is C20H25N7O. The Kier molecular flexibility index (Phi) is 5.36. The van der Waals surface area contributed by atoms with Crippen molar-refractivity contribution in [3.63, 3.8) is 0 Å². The van der Waals surface area contributed by atoms with E-state index in [0.717, 1.165) is 43.0 Å². The van der Waals surface area contributed by atoms with E-state index in [0.29, 0.717) is 12.4 Å². The first-order valence-electron chi connectivity index (χ1n) is 9.76. The lowest BCUT2D eigenvalue weighted by atomic mass is 10.1. The van der Waals surface area contributed by atoms with E-state index < -0.39 is 0 Å². The van der Waals surface area contributed by atoms with Crippen LogP contribution in [0, 0.1) is 0 Å². The smallest absolute Gasteiger partial charge is 0.320 e. The molecule has 8 nitrogen and oxygen atoms in total. The van der Waals surface area contributed by atoms with E-state index in [2.05, 4.69) is 37.4 Å². The molecule has 0 radical (unpaired) electrons. The number of urea groups is 1. The summed E-state index contributed by atoms with van der Waals surface area (Å²) in [5.41, 5.74) is 1.13. The fraction of sp³-hybridized carbons (Fsp3) is 0.400. The molecule has 1 aliphatic heterocycles. The van der Waals surface area contributed by atoms with Crippen LogP contribution in [-0.2, 0) is 19.5 Å². The number of aryl methyl sites for hydroxylation is 1. The van der Waals surface area contributed by atoms with Crippen molar-refractivity contribution in [1.29, 1.82) is 0 Å². The Hall–Kier alpha value is -3.16. The molecule has 2 N–H and O–H groups in total. The molecule has 1 aromatic carbocycles. The summed E-state index contributed by atoms with van der Waals surface area (Å²) in [6.07, 6.45) is 6.12. The quantitative estimate of drug-likeness (QED) is 0.713. The summed E-state index contributed by atoms with van der Waals surface area (Å²) in [5.74, 6) is 2.47. The van der Waals surface area contributed by atoms with Crippen LogP contribution in [0.3, 0.4) is 0 Å². The van der Waals surface area contributed by atoms with Gasteiger partial charge in [-0.3, -0.25) is 5.32 Å². The molecule has 4 rings (SSSR count). The largest absolute Gasteiger partial charge is 0.331 e. The second kappa shape index (κ2) is 8.24. The van der Waals surface area contributed by atoms with Crippen molar-refractivity contribution in [2.45, 2.75) is 51.7 Å². The zero-order chi connectivity index (χ0) is 19.3. The van der Waals surface area contributed by atoms with Crippen LogP contribution in [0.5, 0.6) is 0 Å². The minimum absolute atomic E-state index is 0.0127. The fourth-order valence-electron chi connectivity index (χ4n) is 3.59. The number of amides is 2. The SMILES string of the molecule is CC(c1ccccc1)n1nccc1NC(=O)NCc1nnc2n1CCCCC2. The molecule has 1 atom stereocenters. The van der Waals surface area contributed by atoms with Crippen molar-refractivity contribution in [3.05, 3.63) is 59.8 Å². The number of rotatable bonds is 5. The number of anilines is 1. The summed E-state index contributed by atoms with van der Waals surface area (Å²) in [4.78, 5) is 12.4. The van der Waals surface area contributed by atoms with Crippen LogP contribution in [0.4, 0.5) is 10.6 Å². The number of nitrogens with zero attached hydrogens (tertiary/aromatic N) is 5. The first kappa shape index (κ1) is 18.2. The summed E-state index contributed by atoms with van der Waals surface area (Å²) in [7, 11) is 0. The Morgan fingerprint density at radius 1 is 1.14 bits per heavy atom. The van der Waals surface area contributed by atoms with Gasteiger partial charge in [-0.1, -0.05) is 36.8 Å². The molecule has 3 heterocycles. The van der Waals surface area contributed by atoms with Crippen LogP contribution in [-0.4, -0.2) is 30.6 Å². The normalized spacial score (nSPS) is 14.8. The average Bonchev–Trinajstić information content (AvgIpc) is 3.26. The molecule has 2 amide bonds. The van der Waals surface area contributed by atoms with Gasteiger partial charge in [-0.15, -0.1) is 10.2 Å². The lowest BCUT2D eigenvalue weighted by Crippen LogP contribution is -2.30. The maximum atomic E-state index is 12.4. The molecule has 0 saturated heterocycles. The number of hydrogen-bond acceptors (Lipinski definition) is 4. The molecule has 8 heteroatoms. The van der Waals surface area contributed by atoms with Gasteiger partial charge in [-0.05, 0) is 25.3 Å². The van der Waals surface area contributed by atoms with E-state index in [1.54, 1.807) is 16.9 Å². The molecular weight excluding hydrogens is 354 g/mol. The molecule has 2 aromatic heterocycles. The molecule has 0 fully saturated rings. The second-order valence-electron chi connectivity index (χ2n) is 7.05. The third-order valence-electron chi connectivity index (χ3n) is 5.15. The molecule has 0 saturated carbocycles. The van der Waals surface area contributed by atoms with Crippen molar-refractivity contribution in [3.8, 4) is 0 Å². The number of nitrogens with one attached hydrogen (secondary N) is 2. The van der Waals surface area contributed by atoms with E-state index >= 15 is 0 Å². The van der Waals surface area contributed by atoms with E-state index in [-0.39, 0.29) is 12.1 Å². The van der Waals surface area contributed by atoms with Crippen LogP contribution in [0.15, 0.2) is 42.6 Å². The number of fused-ring (bicyclic) bond motifs is 1. The number of benzene rings is 1. The predicted molar refractivity (Wildman–Crippen MR) is 106 cm³/mol. The van der Waals surface area contributed by atoms with Gasteiger partial charge in [0.1, 0.15) is 11.6 Å². The minimum atomic E-state index is -0.284. The van der Waals surface area contributed by atoms with Gasteiger partial charge >= 0.3 is 6.03 Å². The summed E-state index contributed by atoms with van der Waals surface area (Å²) < 4.78 is 3.94. The van der Waals surface area contributed by atoms with Gasteiger partial charge in [-0.25, -0.2) is 9.48 Å². The van der Waals surface area contributed by atoms with Gasteiger partial charge in [0.25, 0.3) is 0 Å². The standard InChI is InChI=1S/C20H25N7O/c1-15(16-8-4-2-5-9-16)27-17(11-12-22-27)23-20(28)21-14-19-25-24-18-10-6-3-7-13-26(18)19/h2,4-5,8-9,11-12,15H,3,6-7,10,13-14H2,1H3,(H2,21,23,28). The summed E-state index contributed by atoms with van der Waals surface area (Å²) in [6, 6.07) is 11.6. The lowest BCUT2D eigenvalue weighted by Gasteiger charge is -2.16. The number of aromatic nitrogens is 5. The molecule has 0 bridgehead atoms. The highest BCUT2D eigenvalue weighted by atomic mass is 16.2. The Balaban J connectivity index is 1.39. The molecule has 146 valence electrons. The Bertz CT molecular complexity index is 931. The highest BCUT2D eigenvalue weighted by Gasteiger charge is 2.17. The molecule has 1 unspecified atom stereocenters. The molecule has 0 spiro atoms. The van der Waals surface area contributed by atoms with Crippen molar-refractivity contribution in [1.82, 2.24) is 29.9 Å². The van der Waals surface area contributed by atoms with Crippen LogP contribution in [0.2, 0.25) is 0 Å². The minimum Gasteiger partial charge on any atom is -0.331 e. The van der Waals surface area contributed by atoms with E-state index in [4.69, 9.17) is 0 Å². The van der Waals surface area contributed by atoms with E-state index in [1.165, 1.54) is 6.42 Å². The van der Waals surface area contributed by atoms with Crippen LogP contribution >= 0.6 is 0 Å². The zero-order valence-corrected chi connectivity index (χ0v) is 16.0. The van der Waals surface area contributed by atoms with Gasteiger partial charge in [0.2, 0.25) is 0 Å². The van der Waals surface area contributed by atoms with Crippen LogP contribution in [0.25, 0.3) is 0 Å². The summed E-state index contributed by atoms with van der Waals surface area (Å²) in [5, 5.41) is 18.7. The monoisotopic (exact) mass is 379 g/mol. The van der Waals surface area contributed by atoms with E-state index in [9.17, 15) is 4.79 Å². The van der Waals surface area contributed by atoms with Crippen molar-refractivity contribution < 1.29 is 4.79 Å². The molecule has 0 aliphatic carbocycles. The van der Waals surface area contributed by atoms with Crippen molar-refractivity contribution in [2.75, 3.05) is 5.32 Å². The highest BCUT2D eigenvalue weighted by Crippen LogP contribution is 2.21. The third-order valence-corrected chi connectivity index (χ3v) is 5.15. The van der Waals surface area contributed by atoms with Crippen molar-refractivity contribution >= 4 is 11.8 Å². The first-order valence-corrected chi connectivity index (χ1v) is 9.76. The van der Waals surface area contributed by atoms with E-state index in [1.807, 2.05) is 30.3 Å². The zero-order valence-electron chi connectivity index (χ0n) is 16.0. The Labute approximate surface area is 164 Å². The van der Waals surface area contributed by atoms with Gasteiger partial charge in [-0.2, -0.15) is 5.10 Å². The first-order chi connectivity index (χ1) is 13.7. The van der Waals surface area contributed by atoms with Crippen molar-refractivity contribution in [2.24, 2.45) is 0 Å². The predicted octanol–water partition coefficient (Wildman–Crippen LogP) is 3.13. The van der Waals surface area contributed by atoms with Gasteiger partial charge in [0.05, 0.1) is 18.8 Å². The number of carbonyl (C=O) groups excluding carboxylic acids is 1. The topological polar surface area (TPSA) is 89.7 Å². The van der Waals surface area contributed by atoms with Crippen LogP contribution < -0.4 is 10.6 Å². The van der Waals surface area contributed by atoms with Crippen LogP contribution in [0.1, 0.15) is 49.4 Å². The molecule has 28 heavy (non-hydrogen) atoms. The maximum Gasteiger partial charge on any atom is 0.320 e.